The van der Waals surface area contributed by atoms with Crippen molar-refractivity contribution in [1.82, 2.24) is 5.32 Å². The number of halogens is 3. The van der Waals surface area contributed by atoms with E-state index in [0.29, 0.717) is 0 Å². The fourth-order valence-electron chi connectivity index (χ4n) is 1.34. The van der Waals surface area contributed by atoms with Crippen LogP contribution in [-0.2, 0) is 0 Å². The van der Waals surface area contributed by atoms with Gasteiger partial charge in [0.05, 0.1) is 0 Å². The van der Waals surface area contributed by atoms with Crippen molar-refractivity contribution in [3.63, 3.8) is 0 Å². The van der Waals surface area contributed by atoms with Crippen LogP contribution in [0.15, 0.2) is 35.2 Å². The first-order valence-corrected chi connectivity index (χ1v) is 6.56. The van der Waals surface area contributed by atoms with E-state index in [0.717, 1.165) is 25.1 Å². The molecule has 1 rings (SSSR count). The average molecular weight is 275 g/mol. The van der Waals surface area contributed by atoms with Crippen LogP contribution < -0.4 is 5.32 Å². The van der Waals surface area contributed by atoms with Crippen molar-refractivity contribution < 1.29 is 13.2 Å². The number of thioether (sulfide) groups is 1. The van der Waals surface area contributed by atoms with Gasteiger partial charge in [-0.2, -0.15) is 13.2 Å². The summed E-state index contributed by atoms with van der Waals surface area (Å²) in [5.41, 5.74) is -3.32. The van der Waals surface area contributed by atoms with Crippen molar-refractivity contribution in [2.45, 2.75) is 23.7 Å². The maximum absolute atomic E-state index is 12.1. The molecule has 5 heteroatoms. The van der Waals surface area contributed by atoms with Gasteiger partial charge in [-0.25, -0.2) is 0 Å². The van der Waals surface area contributed by atoms with E-state index in [2.05, 4.69) is 12.2 Å². The van der Waals surface area contributed by atoms with E-state index in [-0.39, 0.29) is 16.7 Å². The van der Waals surface area contributed by atoms with Crippen molar-refractivity contribution in [1.29, 1.82) is 0 Å². The summed E-state index contributed by atoms with van der Waals surface area (Å²) in [7, 11) is 0. The Morgan fingerprint density at radius 1 is 1.22 bits per heavy atom. The monoisotopic (exact) mass is 275 g/mol. The second kappa shape index (κ2) is 7.48. The van der Waals surface area contributed by atoms with Crippen LogP contribution in [0.4, 0.5) is 13.2 Å². The Balaban J connectivity index is 2.45. The summed E-state index contributed by atoms with van der Waals surface area (Å²) in [6, 6.07) is 6.34. The first-order valence-electron chi connectivity index (χ1n) is 5.74. The molecule has 0 aliphatic carbocycles. The second-order valence-corrected chi connectivity index (χ2v) is 4.86. The first kappa shape index (κ1) is 15.1. The minimum absolute atomic E-state index is 0.0920. The zero-order chi connectivity index (χ0) is 13.4. The average Bonchev–Trinajstić information content (AvgIpc) is 2.29. The van der Waals surface area contributed by atoms with Crippen LogP contribution >= 0.6 is 11.8 Å². The highest BCUT2D eigenvalue weighted by atomic mass is 32.2. The van der Waals surface area contributed by atoms with Crippen molar-refractivity contribution in [3.8, 4) is 0 Å². The summed E-state index contributed by atoms with van der Waals surface area (Å²) >= 11 is -0.0920. The standard InChI is InChI=1S/C13H16F3NS/c1-2-9-17-10-3-4-11-5-7-12(8-6-11)18-13(14,15)16/h3-8,17H,2,9-10H2,1H3. The number of benzene rings is 1. The molecule has 0 aliphatic rings. The van der Waals surface area contributed by atoms with Gasteiger partial charge < -0.3 is 5.32 Å². The highest BCUT2D eigenvalue weighted by Crippen LogP contribution is 2.36. The number of alkyl halides is 3. The van der Waals surface area contributed by atoms with Gasteiger partial charge in [0.15, 0.2) is 0 Å². The molecule has 1 aromatic rings. The molecule has 1 aromatic carbocycles. The zero-order valence-electron chi connectivity index (χ0n) is 10.1. The fourth-order valence-corrected chi connectivity index (χ4v) is 1.88. The Labute approximate surface area is 109 Å². The molecule has 0 saturated heterocycles. The van der Waals surface area contributed by atoms with E-state index in [1.807, 2.05) is 12.2 Å². The van der Waals surface area contributed by atoms with Crippen molar-refractivity contribution in [2.75, 3.05) is 13.1 Å². The van der Waals surface area contributed by atoms with E-state index < -0.39 is 5.51 Å². The fraction of sp³-hybridized carbons (Fsp3) is 0.385. The van der Waals surface area contributed by atoms with Gasteiger partial charge in [-0.15, -0.1) is 0 Å². The molecule has 0 amide bonds. The smallest absolute Gasteiger partial charge is 0.313 e. The van der Waals surface area contributed by atoms with Crippen molar-refractivity contribution >= 4 is 17.8 Å². The Bertz CT molecular complexity index is 371. The van der Waals surface area contributed by atoms with Crippen LogP contribution in [0.25, 0.3) is 6.08 Å². The third kappa shape index (κ3) is 6.71. The lowest BCUT2D eigenvalue weighted by molar-refractivity contribution is -0.0328. The normalized spacial score (nSPS) is 12.2. The zero-order valence-corrected chi connectivity index (χ0v) is 10.9. The SMILES string of the molecule is CCCNCC=Cc1ccc(SC(F)(F)F)cc1. The van der Waals surface area contributed by atoms with Gasteiger partial charge in [-0.1, -0.05) is 31.2 Å². The lowest BCUT2D eigenvalue weighted by Crippen LogP contribution is -2.13. The molecule has 0 saturated carbocycles. The molecular formula is C13H16F3NS. The lowest BCUT2D eigenvalue weighted by Gasteiger charge is -2.05. The molecule has 100 valence electrons. The van der Waals surface area contributed by atoms with E-state index in [1.165, 1.54) is 12.1 Å². The van der Waals surface area contributed by atoms with E-state index in [1.54, 1.807) is 12.1 Å². The first-order chi connectivity index (χ1) is 8.51. The van der Waals surface area contributed by atoms with Crippen LogP contribution in [0.2, 0.25) is 0 Å². The summed E-state index contributed by atoms with van der Waals surface area (Å²) in [5, 5.41) is 3.21. The van der Waals surface area contributed by atoms with Gasteiger partial charge in [-0.05, 0) is 42.4 Å². The molecule has 0 fully saturated rings. The summed E-state index contributed by atoms with van der Waals surface area (Å²) in [6.45, 7) is 3.83. The van der Waals surface area contributed by atoms with Gasteiger partial charge in [-0.3, -0.25) is 0 Å². The molecular weight excluding hydrogens is 259 g/mol. The molecule has 1 N–H and O–H groups in total. The third-order valence-corrected chi connectivity index (χ3v) is 2.85. The van der Waals surface area contributed by atoms with Gasteiger partial charge in [0.2, 0.25) is 0 Å². The Morgan fingerprint density at radius 2 is 1.89 bits per heavy atom. The number of rotatable bonds is 6. The Morgan fingerprint density at radius 3 is 2.44 bits per heavy atom. The number of nitrogens with one attached hydrogen (secondary N) is 1. The molecule has 0 atom stereocenters. The molecule has 0 aromatic heterocycles. The quantitative estimate of drug-likeness (QED) is 0.613. The lowest BCUT2D eigenvalue weighted by atomic mass is 10.2. The van der Waals surface area contributed by atoms with Crippen LogP contribution in [0.5, 0.6) is 0 Å². The molecule has 0 spiro atoms. The molecule has 0 aliphatic heterocycles. The minimum atomic E-state index is -4.22. The highest BCUT2D eigenvalue weighted by Gasteiger charge is 2.28. The minimum Gasteiger partial charge on any atom is -0.313 e. The molecule has 0 heterocycles. The Hall–Kier alpha value is -0.940. The molecule has 0 radical (unpaired) electrons. The summed E-state index contributed by atoms with van der Waals surface area (Å²) < 4.78 is 36.3. The predicted molar refractivity (Wildman–Crippen MR) is 70.5 cm³/mol. The number of hydrogen-bond donors (Lipinski definition) is 1. The summed E-state index contributed by atoms with van der Waals surface area (Å²) in [6.07, 6.45) is 4.93. The largest absolute Gasteiger partial charge is 0.446 e. The van der Waals surface area contributed by atoms with Crippen molar-refractivity contribution in [3.05, 3.63) is 35.9 Å². The van der Waals surface area contributed by atoms with Crippen LogP contribution in [-0.4, -0.2) is 18.6 Å². The van der Waals surface area contributed by atoms with Crippen LogP contribution in [0.3, 0.4) is 0 Å². The van der Waals surface area contributed by atoms with Crippen LogP contribution in [0, 0.1) is 0 Å². The van der Waals surface area contributed by atoms with Gasteiger partial charge >= 0.3 is 5.51 Å². The predicted octanol–water partition coefficient (Wildman–Crippen LogP) is 4.31. The number of hydrogen-bond acceptors (Lipinski definition) is 2. The van der Waals surface area contributed by atoms with Gasteiger partial charge in [0.25, 0.3) is 0 Å². The summed E-state index contributed by atoms with van der Waals surface area (Å²) in [4.78, 5) is 0.212. The van der Waals surface area contributed by atoms with E-state index in [9.17, 15) is 13.2 Å². The van der Waals surface area contributed by atoms with Crippen molar-refractivity contribution in [2.24, 2.45) is 0 Å². The maximum Gasteiger partial charge on any atom is 0.446 e. The Kier molecular flexibility index (Phi) is 6.29. The molecule has 0 bridgehead atoms. The third-order valence-electron chi connectivity index (χ3n) is 2.11. The molecule has 0 unspecified atom stereocenters. The molecule has 1 nitrogen and oxygen atoms in total. The van der Waals surface area contributed by atoms with Gasteiger partial charge in [0, 0.05) is 11.4 Å². The topological polar surface area (TPSA) is 12.0 Å². The molecule has 18 heavy (non-hydrogen) atoms. The van der Waals surface area contributed by atoms with E-state index in [4.69, 9.17) is 0 Å². The highest BCUT2D eigenvalue weighted by molar-refractivity contribution is 8.00. The van der Waals surface area contributed by atoms with E-state index >= 15 is 0 Å². The second-order valence-electron chi connectivity index (χ2n) is 3.72. The van der Waals surface area contributed by atoms with Crippen LogP contribution in [0.1, 0.15) is 18.9 Å². The summed E-state index contributed by atoms with van der Waals surface area (Å²) in [5.74, 6) is 0. The van der Waals surface area contributed by atoms with Gasteiger partial charge in [0.1, 0.15) is 0 Å². The maximum atomic E-state index is 12.1.